The zero-order chi connectivity index (χ0) is 19.0. The first-order valence-corrected chi connectivity index (χ1v) is 7.79. The molecule has 0 aliphatic heterocycles. The van der Waals surface area contributed by atoms with Crippen LogP contribution in [0.25, 0.3) is 0 Å². The number of aliphatic carboxylic acids is 1. The quantitative estimate of drug-likeness (QED) is 0.452. The highest BCUT2D eigenvalue weighted by molar-refractivity contribution is 5.96. The van der Waals surface area contributed by atoms with Crippen LogP contribution in [0.1, 0.15) is 35.7 Å². The number of nitro groups is 1. The van der Waals surface area contributed by atoms with E-state index in [9.17, 15) is 24.5 Å². The Bertz CT molecular complexity index is 674. The van der Waals surface area contributed by atoms with Crippen LogP contribution in [-0.2, 0) is 9.59 Å². The molecule has 25 heavy (non-hydrogen) atoms. The summed E-state index contributed by atoms with van der Waals surface area (Å²) >= 11 is 0. The maximum atomic E-state index is 12.0. The number of nitrogens with one attached hydrogen (secondary N) is 2. The number of nitro benzene ring substituents is 1. The van der Waals surface area contributed by atoms with E-state index in [2.05, 4.69) is 10.6 Å². The molecule has 0 saturated carbocycles. The van der Waals surface area contributed by atoms with Gasteiger partial charge in [0, 0.05) is 23.7 Å². The lowest BCUT2D eigenvalue weighted by atomic mass is 10.0. The Kier molecular flexibility index (Phi) is 7.51. The fourth-order valence-corrected chi connectivity index (χ4v) is 2.23. The lowest BCUT2D eigenvalue weighted by molar-refractivity contribution is -0.385. The van der Waals surface area contributed by atoms with Gasteiger partial charge < -0.3 is 15.7 Å². The molecule has 1 rings (SSSR count). The van der Waals surface area contributed by atoms with Crippen molar-refractivity contribution in [1.82, 2.24) is 10.6 Å². The van der Waals surface area contributed by atoms with Gasteiger partial charge in [0.2, 0.25) is 5.91 Å². The van der Waals surface area contributed by atoms with Crippen molar-refractivity contribution >= 4 is 23.5 Å². The predicted octanol–water partition coefficient (Wildman–Crippen LogP) is 1.25. The highest BCUT2D eigenvalue weighted by atomic mass is 16.6. The number of benzene rings is 1. The SMILES string of the molecule is CCCC(CNC(=O)CNC(=O)c1ccc([N+](=O)[O-])c(C)c1)C(=O)O. The molecule has 1 aromatic carbocycles. The zero-order valence-electron chi connectivity index (χ0n) is 14.1. The van der Waals surface area contributed by atoms with Crippen molar-refractivity contribution < 1.29 is 24.4 Å². The molecule has 3 N–H and O–H groups in total. The van der Waals surface area contributed by atoms with Gasteiger partial charge >= 0.3 is 5.97 Å². The molecular formula is C16H21N3O6. The van der Waals surface area contributed by atoms with E-state index >= 15 is 0 Å². The van der Waals surface area contributed by atoms with Gasteiger partial charge in [0.15, 0.2) is 0 Å². The summed E-state index contributed by atoms with van der Waals surface area (Å²) in [5.74, 6) is -2.69. The molecule has 1 aromatic rings. The molecule has 2 amide bonds. The number of aryl methyl sites for hydroxylation is 1. The molecule has 0 aliphatic carbocycles. The summed E-state index contributed by atoms with van der Waals surface area (Å²) in [4.78, 5) is 44.9. The molecule has 0 heterocycles. The van der Waals surface area contributed by atoms with E-state index in [4.69, 9.17) is 5.11 Å². The van der Waals surface area contributed by atoms with Crippen molar-refractivity contribution in [1.29, 1.82) is 0 Å². The van der Waals surface area contributed by atoms with Crippen LogP contribution in [0.15, 0.2) is 18.2 Å². The molecule has 0 aliphatic rings. The minimum absolute atomic E-state index is 0.00544. The van der Waals surface area contributed by atoms with E-state index in [1.54, 1.807) is 0 Å². The predicted molar refractivity (Wildman–Crippen MR) is 89.2 cm³/mol. The zero-order valence-corrected chi connectivity index (χ0v) is 14.1. The summed E-state index contributed by atoms with van der Waals surface area (Å²) in [6.45, 7) is 3.05. The molecule has 0 radical (unpaired) electrons. The van der Waals surface area contributed by atoms with Gasteiger partial charge in [0.05, 0.1) is 17.4 Å². The molecule has 0 fully saturated rings. The summed E-state index contributed by atoms with van der Waals surface area (Å²) in [6, 6.07) is 3.90. The van der Waals surface area contributed by atoms with E-state index in [0.29, 0.717) is 18.4 Å². The molecular weight excluding hydrogens is 330 g/mol. The van der Waals surface area contributed by atoms with E-state index in [1.807, 2.05) is 6.92 Å². The highest BCUT2D eigenvalue weighted by Crippen LogP contribution is 2.18. The Balaban J connectivity index is 2.53. The molecule has 136 valence electrons. The van der Waals surface area contributed by atoms with Gasteiger partial charge in [0.25, 0.3) is 11.6 Å². The lowest BCUT2D eigenvalue weighted by Crippen LogP contribution is -2.40. The molecule has 0 aromatic heterocycles. The van der Waals surface area contributed by atoms with Crippen LogP contribution in [0.5, 0.6) is 0 Å². The fourth-order valence-electron chi connectivity index (χ4n) is 2.23. The second-order valence-electron chi connectivity index (χ2n) is 5.57. The first-order chi connectivity index (χ1) is 11.8. The number of carbonyl (C=O) groups excluding carboxylic acids is 2. The Morgan fingerprint density at radius 1 is 1.28 bits per heavy atom. The Morgan fingerprint density at radius 2 is 1.96 bits per heavy atom. The fraction of sp³-hybridized carbons (Fsp3) is 0.438. The number of rotatable bonds is 9. The molecule has 9 heteroatoms. The maximum absolute atomic E-state index is 12.0. The van der Waals surface area contributed by atoms with Crippen molar-refractivity contribution in [3.05, 3.63) is 39.4 Å². The number of carboxylic acids is 1. The lowest BCUT2D eigenvalue weighted by Gasteiger charge is -2.12. The van der Waals surface area contributed by atoms with E-state index < -0.39 is 28.6 Å². The first kappa shape index (κ1) is 20.1. The van der Waals surface area contributed by atoms with Crippen molar-refractivity contribution in [2.75, 3.05) is 13.1 Å². The molecule has 1 atom stereocenters. The van der Waals surface area contributed by atoms with Crippen LogP contribution in [0, 0.1) is 23.0 Å². The van der Waals surface area contributed by atoms with Gasteiger partial charge in [0.1, 0.15) is 0 Å². The van der Waals surface area contributed by atoms with Crippen molar-refractivity contribution in [2.45, 2.75) is 26.7 Å². The smallest absolute Gasteiger partial charge is 0.308 e. The highest BCUT2D eigenvalue weighted by Gasteiger charge is 2.18. The number of hydrogen-bond acceptors (Lipinski definition) is 5. The topological polar surface area (TPSA) is 139 Å². The molecule has 9 nitrogen and oxygen atoms in total. The van der Waals surface area contributed by atoms with Crippen LogP contribution in [-0.4, -0.2) is 40.9 Å². The van der Waals surface area contributed by atoms with Crippen LogP contribution in [0.2, 0.25) is 0 Å². The average molecular weight is 351 g/mol. The number of hydrogen-bond donors (Lipinski definition) is 3. The third kappa shape index (κ3) is 6.21. The number of carboxylic acid groups (broad SMARTS) is 1. The van der Waals surface area contributed by atoms with Gasteiger partial charge in [-0.1, -0.05) is 13.3 Å². The van der Waals surface area contributed by atoms with Crippen molar-refractivity contribution in [3.8, 4) is 0 Å². The summed E-state index contributed by atoms with van der Waals surface area (Å²) in [6.07, 6.45) is 1.13. The van der Waals surface area contributed by atoms with E-state index in [0.717, 1.165) is 0 Å². The number of carbonyl (C=O) groups is 3. The summed E-state index contributed by atoms with van der Waals surface area (Å²) in [5.41, 5.74) is 0.446. The number of nitrogens with zero attached hydrogens (tertiary/aromatic N) is 1. The third-order valence-corrected chi connectivity index (χ3v) is 3.60. The normalized spacial score (nSPS) is 11.4. The van der Waals surface area contributed by atoms with Gasteiger partial charge in [-0.2, -0.15) is 0 Å². The number of amides is 2. The van der Waals surface area contributed by atoms with Crippen LogP contribution in [0.4, 0.5) is 5.69 Å². The largest absolute Gasteiger partial charge is 0.481 e. The minimum atomic E-state index is -0.979. The first-order valence-electron chi connectivity index (χ1n) is 7.79. The molecule has 0 spiro atoms. The summed E-state index contributed by atoms with van der Waals surface area (Å²) in [7, 11) is 0. The van der Waals surface area contributed by atoms with Gasteiger partial charge in [-0.15, -0.1) is 0 Å². The van der Waals surface area contributed by atoms with Crippen molar-refractivity contribution in [2.24, 2.45) is 5.92 Å². The summed E-state index contributed by atoms with van der Waals surface area (Å²) in [5, 5.41) is 24.6. The third-order valence-electron chi connectivity index (χ3n) is 3.60. The van der Waals surface area contributed by atoms with E-state index in [1.165, 1.54) is 25.1 Å². The van der Waals surface area contributed by atoms with E-state index in [-0.39, 0.29) is 24.3 Å². The van der Waals surface area contributed by atoms with Gasteiger partial charge in [-0.3, -0.25) is 24.5 Å². The maximum Gasteiger partial charge on any atom is 0.308 e. The van der Waals surface area contributed by atoms with Crippen molar-refractivity contribution in [3.63, 3.8) is 0 Å². The second kappa shape index (κ2) is 9.36. The Hall–Kier alpha value is -2.97. The molecule has 1 unspecified atom stereocenters. The standard InChI is InChI=1S/C16H21N3O6/c1-3-4-12(16(22)23)8-17-14(20)9-18-15(21)11-5-6-13(19(24)25)10(2)7-11/h5-7,12H,3-4,8-9H2,1-2H3,(H,17,20)(H,18,21)(H,22,23). The van der Waals surface area contributed by atoms with Gasteiger partial charge in [-0.25, -0.2) is 0 Å². The molecule has 0 bridgehead atoms. The van der Waals surface area contributed by atoms with Gasteiger partial charge in [-0.05, 0) is 25.5 Å². The minimum Gasteiger partial charge on any atom is -0.481 e. The average Bonchev–Trinajstić information content (AvgIpc) is 2.55. The van der Waals surface area contributed by atoms with Crippen LogP contribution in [0.3, 0.4) is 0 Å². The van der Waals surface area contributed by atoms with Crippen LogP contribution >= 0.6 is 0 Å². The monoisotopic (exact) mass is 351 g/mol. The molecule has 0 saturated heterocycles. The second-order valence-corrected chi connectivity index (χ2v) is 5.57. The Morgan fingerprint density at radius 3 is 2.48 bits per heavy atom. The summed E-state index contributed by atoms with van der Waals surface area (Å²) < 4.78 is 0. The van der Waals surface area contributed by atoms with Crippen LogP contribution < -0.4 is 10.6 Å². The Labute approximate surface area is 144 Å².